The molecule has 1 amide bonds. The van der Waals surface area contributed by atoms with Gasteiger partial charge in [-0.1, -0.05) is 19.1 Å². The fourth-order valence-electron chi connectivity index (χ4n) is 4.14. The summed E-state index contributed by atoms with van der Waals surface area (Å²) in [6.45, 7) is 6.06. The van der Waals surface area contributed by atoms with Crippen LogP contribution in [-0.4, -0.2) is 53.1 Å². The van der Waals surface area contributed by atoms with Gasteiger partial charge in [-0.25, -0.2) is 0 Å². The molecule has 0 aromatic heterocycles. The van der Waals surface area contributed by atoms with Crippen LogP contribution in [0.1, 0.15) is 54.9 Å². The molecule has 4 nitrogen and oxygen atoms in total. The Hall–Kier alpha value is -1.39. The highest BCUT2D eigenvalue weighted by Crippen LogP contribution is 2.25. The van der Waals surface area contributed by atoms with Gasteiger partial charge in [-0.05, 0) is 62.3 Å². The fraction of sp³-hybridized carbons (Fsp3) is 0.650. The van der Waals surface area contributed by atoms with Crippen LogP contribution in [0.25, 0.3) is 0 Å². The SMILES string of the molecule is CC1CCCN(Cc2cccc(C(=O)N3CCCCC3)c2)C1CO. The van der Waals surface area contributed by atoms with Gasteiger partial charge in [0.05, 0.1) is 6.61 Å². The van der Waals surface area contributed by atoms with Crippen molar-refractivity contribution >= 4 is 5.91 Å². The van der Waals surface area contributed by atoms with E-state index < -0.39 is 0 Å². The van der Waals surface area contributed by atoms with Crippen molar-refractivity contribution in [2.75, 3.05) is 26.2 Å². The largest absolute Gasteiger partial charge is 0.395 e. The van der Waals surface area contributed by atoms with Crippen LogP contribution >= 0.6 is 0 Å². The summed E-state index contributed by atoms with van der Waals surface area (Å²) in [5, 5.41) is 9.72. The first-order valence-corrected chi connectivity index (χ1v) is 9.42. The summed E-state index contributed by atoms with van der Waals surface area (Å²) in [4.78, 5) is 17.1. The number of likely N-dealkylation sites (tertiary alicyclic amines) is 2. The molecule has 2 fully saturated rings. The molecular weight excluding hydrogens is 300 g/mol. The van der Waals surface area contributed by atoms with Gasteiger partial charge in [0, 0.05) is 31.2 Å². The predicted molar refractivity (Wildman–Crippen MR) is 95.9 cm³/mol. The van der Waals surface area contributed by atoms with Crippen LogP contribution in [0.15, 0.2) is 24.3 Å². The van der Waals surface area contributed by atoms with E-state index in [1.54, 1.807) is 0 Å². The maximum Gasteiger partial charge on any atom is 0.253 e. The van der Waals surface area contributed by atoms with E-state index in [9.17, 15) is 9.90 Å². The molecule has 0 radical (unpaired) electrons. The van der Waals surface area contributed by atoms with Crippen molar-refractivity contribution in [2.24, 2.45) is 5.92 Å². The number of hydrogen-bond acceptors (Lipinski definition) is 3. The third-order valence-electron chi connectivity index (χ3n) is 5.62. The maximum atomic E-state index is 12.7. The summed E-state index contributed by atoms with van der Waals surface area (Å²) in [7, 11) is 0. The first kappa shape index (κ1) is 17.4. The van der Waals surface area contributed by atoms with Crippen LogP contribution < -0.4 is 0 Å². The minimum atomic E-state index is 0.169. The topological polar surface area (TPSA) is 43.8 Å². The van der Waals surface area contributed by atoms with E-state index in [0.29, 0.717) is 5.92 Å². The number of aliphatic hydroxyl groups is 1. The van der Waals surface area contributed by atoms with E-state index in [1.165, 1.54) is 24.8 Å². The number of carbonyl (C=O) groups is 1. The molecule has 4 heteroatoms. The number of amides is 1. The molecule has 3 rings (SSSR count). The Kier molecular flexibility index (Phi) is 5.90. The number of nitrogens with zero attached hydrogens (tertiary/aromatic N) is 2. The van der Waals surface area contributed by atoms with Crippen molar-refractivity contribution in [3.8, 4) is 0 Å². The summed E-state index contributed by atoms with van der Waals surface area (Å²) < 4.78 is 0. The lowest BCUT2D eigenvalue weighted by molar-refractivity contribution is 0.0472. The van der Waals surface area contributed by atoms with E-state index in [0.717, 1.165) is 44.6 Å². The Morgan fingerprint density at radius 1 is 1.17 bits per heavy atom. The summed E-state index contributed by atoms with van der Waals surface area (Å²) in [6.07, 6.45) is 5.85. The van der Waals surface area contributed by atoms with Gasteiger partial charge in [-0.3, -0.25) is 9.69 Å². The second-order valence-corrected chi connectivity index (χ2v) is 7.39. The van der Waals surface area contributed by atoms with Crippen molar-refractivity contribution < 1.29 is 9.90 Å². The molecule has 2 aliphatic heterocycles. The molecule has 2 aliphatic rings. The second-order valence-electron chi connectivity index (χ2n) is 7.39. The van der Waals surface area contributed by atoms with E-state index in [4.69, 9.17) is 0 Å². The predicted octanol–water partition coefficient (Wildman–Crippen LogP) is 2.91. The number of benzene rings is 1. The first-order chi connectivity index (χ1) is 11.7. The Morgan fingerprint density at radius 2 is 1.96 bits per heavy atom. The summed E-state index contributed by atoms with van der Waals surface area (Å²) in [5.41, 5.74) is 1.98. The number of aliphatic hydroxyl groups excluding tert-OH is 1. The Labute approximate surface area is 145 Å². The van der Waals surface area contributed by atoms with Gasteiger partial charge in [-0.15, -0.1) is 0 Å². The molecule has 2 unspecified atom stereocenters. The number of rotatable bonds is 4. The van der Waals surface area contributed by atoms with Crippen LogP contribution in [0.5, 0.6) is 0 Å². The Balaban J connectivity index is 1.69. The summed E-state index contributed by atoms with van der Waals surface area (Å²) in [5.74, 6) is 0.698. The van der Waals surface area contributed by atoms with Gasteiger partial charge in [0.25, 0.3) is 5.91 Å². The lowest BCUT2D eigenvalue weighted by atomic mass is 9.91. The minimum Gasteiger partial charge on any atom is -0.395 e. The zero-order valence-electron chi connectivity index (χ0n) is 14.8. The molecule has 1 aromatic carbocycles. The first-order valence-electron chi connectivity index (χ1n) is 9.42. The molecule has 2 heterocycles. The van der Waals surface area contributed by atoms with Gasteiger partial charge in [0.2, 0.25) is 0 Å². The Morgan fingerprint density at radius 3 is 2.71 bits per heavy atom. The highest BCUT2D eigenvalue weighted by molar-refractivity contribution is 5.94. The molecular formula is C20H30N2O2. The average molecular weight is 330 g/mol. The van der Waals surface area contributed by atoms with Gasteiger partial charge >= 0.3 is 0 Å². The van der Waals surface area contributed by atoms with Crippen LogP contribution in [0.3, 0.4) is 0 Å². The van der Waals surface area contributed by atoms with Crippen LogP contribution in [0.2, 0.25) is 0 Å². The minimum absolute atomic E-state index is 0.169. The normalized spacial score (nSPS) is 25.7. The smallest absolute Gasteiger partial charge is 0.253 e. The monoisotopic (exact) mass is 330 g/mol. The van der Waals surface area contributed by atoms with Crippen LogP contribution in [0, 0.1) is 5.92 Å². The number of piperidine rings is 2. The maximum absolute atomic E-state index is 12.7. The number of carbonyl (C=O) groups excluding carboxylic acids is 1. The lowest BCUT2D eigenvalue weighted by Gasteiger charge is -2.39. The third kappa shape index (κ3) is 3.98. The molecule has 0 bridgehead atoms. The third-order valence-corrected chi connectivity index (χ3v) is 5.62. The van der Waals surface area contributed by atoms with Crippen molar-refractivity contribution in [3.63, 3.8) is 0 Å². The quantitative estimate of drug-likeness (QED) is 0.923. The van der Waals surface area contributed by atoms with E-state index >= 15 is 0 Å². The summed E-state index contributed by atoms with van der Waals surface area (Å²) >= 11 is 0. The van der Waals surface area contributed by atoms with E-state index in [1.807, 2.05) is 23.1 Å². The average Bonchev–Trinajstić information content (AvgIpc) is 2.62. The molecule has 1 aromatic rings. The van der Waals surface area contributed by atoms with Gasteiger partial charge in [0.15, 0.2) is 0 Å². The molecule has 1 N–H and O–H groups in total. The molecule has 2 saturated heterocycles. The van der Waals surface area contributed by atoms with Crippen LogP contribution in [0.4, 0.5) is 0 Å². The van der Waals surface area contributed by atoms with Crippen LogP contribution in [-0.2, 0) is 6.54 Å². The van der Waals surface area contributed by atoms with Crippen molar-refractivity contribution in [2.45, 2.75) is 51.6 Å². The zero-order valence-corrected chi connectivity index (χ0v) is 14.8. The number of hydrogen-bond donors (Lipinski definition) is 1. The molecule has 2 atom stereocenters. The second kappa shape index (κ2) is 8.13. The highest BCUT2D eigenvalue weighted by atomic mass is 16.3. The molecule has 24 heavy (non-hydrogen) atoms. The van der Waals surface area contributed by atoms with Crippen molar-refractivity contribution in [1.82, 2.24) is 9.80 Å². The molecule has 0 saturated carbocycles. The fourth-order valence-corrected chi connectivity index (χ4v) is 4.14. The highest BCUT2D eigenvalue weighted by Gasteiger charge is 2.28. The van der Waals surface area contributed by atoms with Crippen molar-refractivity contribution in [1.29, 1.82) is 0 Å². The standard InChI is InChI=1S/C20H30N2O2/c1-16-7-6-12-22(19(16)15-23)14-17-8-5-9-18(13-17)20(24)21-10-3-2-4-11-21/h5,8-9,13,16,19,23H,2-4,6-7,10-12,14-15H2,1H3. The molecule has 0 aliphatic carbocycles. The van der Waals surface area contributed by atoms with Gasteiger partial charge in [-0.2, -0.15) is 0 Å². The molecule has 0 spiro atoms. The Bertz CT molecular complexity index is 554. The van der Waals surface area contributed by atoms with Crippen molar-refractivity contribution in [3.05, 3.63) is 35.4 Å². The lowest BCUT2D eigenvalue weighted by Crippen LogP contribution is -2.46. The van der Waals surface area contributed by atoms with E-state index in [2.05, 4.69) is 17.9 Å². The van der Waals surface area contributed by atoms with E-state index in [-0.39, 0.29) is 18.6 Å². The zero-order chi connectivity index (χ0) is 16.9. The molecule has 132 valence electrons. The van der Waals surface area contributed by atoms with Gasteiger partial charge < -0.3 is 10.0 Å². The van der Waals surface area contributed by atoms with Gasteiger partial charge in [0.1, 0.15) is 0 Å². The summed E-state index contributed by atoms with van der Waals surface area (Å²) in [6, 6.07) is 8.31.